The molecule has 0 aromatic heterocycles. The molecule has 0 heterocycles. The molecule has 1 N–H and O–H groups in total. The van der Waals surface area contributed by atoms with Gasteiger partial charge in [-0.05, 0) is 69.2 Å². The second-order valence-corrected chi connectivity index (χ2v) is 13.1. The topological polar surface area (TPSA) is 96.0 Å². The second-order valence-electron chi connectivity index (χ2n) is 10.4. The van der Waals surface area contributed by atoms with E-state index >= 15 is 0 Å². The highest BCUT2D eigenvalue weighted by Crippen LogP contribution is 2.35. The van der Waals surface area contributed by atoms with Crippen LogP contribution in [0.5, 0.6) is 5.75 Å². The van der Waals surface area contributed by atoms with Gasteiger partial charge in [-0.3, -0.25) is 13.9 Å². The smallest absolute Gasteiger partial charge is 0.264 e. The molecule has 3 aromatic carbocycles. The number of carbonyl (C=O) groups is 2. The molecule has 3 aromatic rings. The minimum Gasteiger partial charge on any atom is -0.497 e. The minimum atomic E-state index is -4.26. The molecule has 0 aliphatic rings. The molecule has 220 valence electrons. The van der Waals surface area contributed by atoms with Crippen molar-refractivity contribution < 1.29 is 22.7 Å². The first-order chi connectivity index (χ1) is 19.3. The van der Waals surface area contributed by atoms with E-state index < -0.39 is 34.1 Å². The number of nitrogens with zero attached hydrogens (tertiary/aromatic N) is 2. The number of nitrogens with one attached hydrogen (secondary N) is 1. The van der Waals surface area contributed by atoms with Crippen molar-refractivity contribution in [3.63, 3.8) is 0 Å². The normalized spacial score (nSPS) is 12.4. The Hall–Kier alpha value is -3.27. The van der Waals surface area contributed by atoms with E-state index in [4.69, 9.17) is 27.9 Å². The van der Waals surface area contributed by atoms with Crippen LogP contribution in [0.15, 0.2) is 77.7 Å². The maximum atomic E-state index is 14.2. The quantitative estimate of drug-likeness (QED) is 0.287. The number of hydrogen-bond acceptors (Lipinski definition) is 5. The fraction of sp³-hybridized carbons (Fsp3) is 0.333. The van der Waals surface area contributed by atoms with Crippen molar-refractivity contribution in [1.82, 2.24) is 10.2 Å². The van der Waals surface area contributed by atoms with E-state index in [9.17, 15) is 18.0 Å². The van der Waals surface area contributed by atoms with E-state index in [2.05, 4.69) is 5.32 Å². The molecule has 0 unspecified atom stereocenters. The van der Waals surface area contributed by atoms with Gasteiger partial charge in [-0.1, -0.05) is 66.5 Å². The van der Waals surface area contributed by atoms with Gasteiger partial charge in [0.05, 0.1) is 27.7 Å². The average molecular weight is 621 g/mol. The van der Waals surface area contributed by atoms with Crippen molar-refractivity contribution in [3.05, 3.63) is 88.4 Å². The van der Waals surface area contributed by atoms with Crippen LogP contribution in [0, 0.1) is 0 Å². The summed E-state index contributed by atoms with van der Waals surface area (Å²) in [6.45, 7) is 6.75. The van der Waals surface area contributed by atoms with Crippen LogP contribution in [0.1, 0.15) is 39.7 Å². The van der Waals surface area contributed by atoms with E-state index in [1.807, 2.05) is 26.8 Å². The minimum absolute atomic E-state index is 0.0154. The van der Waals surface area contributed by atoms with E-state index in [0.29, 0.717) is 17.7 Å². The summed E-state index contributed by atoms with van der Waals surface area (Å²) < 4.78 is 34.1. The molecule has 0 saturated carbocycles. The predicted octanol–water partition coefficient (Wildman–Crippen LogP) is 5.92. The average Bonchev–Trinajstić information content (AvgIpc) is 2.92. The molecule has 41 heavy (non-hydrogen) atoms. The first-order valence-electron chi connectivity index (χ1n) is 13.0. The number of rotatable bonds is 11. The van der Waals surface area contributed by atoms with E-state index in [1.165, 1.54) is 36.3 Å². The second kappa shape index (κ2) is 13.6. The molecular weight excluding hydrogens is 585 g/mol. The fourth-order valence-electron chi connectivity index (χ4n) is 4.26. The van der Waals surface area contributed by atoms with Crippen LogP contribution in [0.3, 0.4) is 0 Å². The van der Waals surface area contributed by atoms with Gasteiger partial charge in [0, 0.05) is 12.1 Å². The Morgan fingerprint density at radius 2 is 1.63 bits per heavy atom. The number of amides is 2. The number of anilines is 1. The third-order valence-corrected chi connectivity index (χ3v) is 8.76. The summed E-state index contributed by atoms with van der Waals surface area (Å²) in [4.78, 5) is 28.9. The van der Waals surface area contributed by atoms with E-state index in [-0.39, 0.29) is 33.1 Å². The number of hydrogen-bond donors (Lipinski definition) is 1. The lowest BCUT2D eigenvalue weighted by atomic mass is 10.1. The Bertz CT molecular complexity index is 1480. The monoisotopic (exact) mass is 619 g/mol. The van der Waals surface area contributed by atoms with Crippen LogP contribution in [0.2, 0.25) is 10.0 Å². The summed E-state index contributed by atoms with van der Waals surface area (Å²) in [5.41, 5.74) is 0.203. The first kappa shape index (κ1) is 32.2. The molecule has 0 saturated heterocycles. The Balaban J connectivity index is 2.11. The zero-order valence-electron chi connectivity index (χ0n) is 23.7. The van der Waals surface area contributed by atoms with Gasteiger partial charge in [0.15, 0.2) is 0 Å². The van der Waals surface area contributed by atoms with E-state index in [1.54, 1.807) is 49.4 Å². The molecule has 2 amide bonds. The molecule has 0 bridgehead atoms. The fourth-order valence-corrected chi connectivity index (χ4v) is 6.15. The van der Waals surface area contributed by atoms with Crippen LogP contribution in [0.4, 0.5) is 5.69 Å². The van der Waals surface area contributed by atoms with Crippen molar-refractivity contribution in [2.75, 3.05) is 18.0 Å². The van der Waals surface area contributed by atoms with Crippen LogP contribution in [0.25, 0.3) is 0 Å². The Kier molecular flexibility index (Phi) is 10.7. The summed E-state index contributed by atoms with van der Waals surface area (Å²) in [7, 11) is -2.73. The van der Waals surface area contributed by atoms with Crippen molar-refractivity contribution in [2.24, 2.45) is 0 Å². The summed E-state index contributed by atoms with van der Waals surface area (Å²) in [5.74, 6) is -0.366. The Morgan fingerprint density at radius 1 is 0.976 bits per heavy atom. The van der Waals surface area contributed by atoms with Crippen LogP contribution >= 0.6 is 23.2 Å². The van der Waals surface area contributed by atoms with E-state index in [0.717, 1.165) is 4.31 Å². The molecule has 0 aliphatic carbocycles. The van der Waals surface area contributed by atoms with Crippen molar-refractivity contribution >= 4 is 50.7 Å². The predicted molar refractivity (Wildman–Crippen MR) is 163 cm³/mol. The number of sulfonamides is 1. The van der Waals surface area contributed by atoms with Crippen molar-refractivity contribution in [3.8, 4) is 5.75 Å². The summed E-state index contributed by atoms with van der Waals surface area (Å²) in [6.07, 6.45) is 0.293. The molecule has 8 nitrogen and oxygen atoms in total. The number of ether oxygens (including phenoxy) is 1. The van der Waals surface area contributed by atoms with Crippen LogP contribution < -0.4 is 14.4 Å². The van der Waals surface area contributed by atoms with Gasteiger partial charge in [0.1, 0.15) is 18.3 Å². The Morgan fingerprint density at radius 3 is 2.24 bits per heavy atom. The zero-order chi connectivity index (χ0) is 30.4. The molecule has 0 spiro atoms. The van der Waals surface area contributed by atoms with Crippen LogP contribution in [-0.2, 0) is 26.2 Å². The summed E-state index contributed by atoms with van der Waals surface area (Å²) in [6, 6.07) is 18.6. The standard InChI is InChI=1S/C30H35Cl2N3O5S/c1-6-25(29(37)33-30(2,3)4)34(19-21-12-10-13-22(18-21)40-5)27(36)20-35(26-17-11-16-24(31)28(26)32)41(38,39)23-14-8-7-9-15-23/h7-18,25H,6,19-20H2,1-5H3,(H,33,37)/t25-/m0/s1. The van der Waals surface area contributed by atoms with Gasteiger partial charge in [-0.2, -0.15) is 0 Å². The van der Waals surface area contributed by atoms with Gasteiger partial charge in [0.25, 0.3) is 10.0 Å². The molecule has 0 radical (unpaired) electrons. The maximum Gasteiger partial charge on any atom is 0.264 e. The van der Waals surface area contributed by atoms with Gasteiger partial charge >= 0.3 is 0 Å². The Labute approximate surface area is 252 Å². The molecule has 0 fully saturated rings. The van der Waals surface area contributed by atoms with Gasteiger partial charge in [-0.25, -0.2) is 8.42 Å². The lowest BCUT2D eigenvalue weighted by Crippen LogP contribution is -2.55. The first-order valence-corrected chi connectivity index (χ1v) is 15.2. The molecule has 1 atom stereocenters. The van der Waals surface area contributed by atoms with Gasteiger partial charge in [-0.15, -0.1) is 0 Å². The van der Waals surface area contributed by atoms with Crippen LogP contribution in [-0.4, -0.2) is 50.4 Å². The molecule has 11 heteroatoms. The number of benzene rings is 3. The highest BCUT2D eigenvalue weighted by Gasteiger charge is 2.35. The number of halogens is 2. The van der Waals surface area contributed by atoms with Crippen molar-refractivity contribution in [1.29, 1.82) is 0 Å². The van der Waals surface area contributed by atoms with Gasteiger partial charge < -0.3 is 15.0 Å². The lowest BCUT2D eigenvalue weighted by Gasteiger charge is -2.35. The SMILES string of the molecule is CC[C@@H](C(=O)NC(C)(C)C)N(Cc1cccc(OC)c1)C(=O)CN(c1cccc(Cl)c1Cl)S(=O)(=O)c1ccccc1. The summed E-state index contributed by atoms with van der Waals surface area (Å²) >= 11 is 12.7. The summed E-state index contributed by atoms with van der Waals surface area (Å²) in [5, 5.41) is 3.06. The number of methoxy groups -OCH3 is 1. The van der Waals surface area contributed by atoms with Gasteiger partial charge in [0.2, 0.25) is 11.8 Å². The maximum absolute atomic E-state index is 14.2. The highest BCUT2D eigenvalue weighted by atomic mass is 35.5. The number of carbonyl (C=O) groups excluding carboxylic acids is 2. The van der Waals surface area contributed by atoms with Crippen molar-refractivity contribution in [2.45, 2.75) is 57.1 Å². The lowest BCUT2D eigenvalue weighted by molar-refractivity contribution is -0.141. The zero-order valence-corrected chi connectivity index (χ0v) is 26.1. The third-order valence-electron chi connectivity index (χ3n) is 6.18. The third kappa shape index (κ3) is 8.15. The largest absolute Gasteiger partial charge is 0.497 e. The molecule has 3 rings (SSSR count). The highest BCUT2D eigenvalue weighted by molar-refractivity contribution is 7.92. The molecular formula is C30H35Cl2N3O5S. The molecule has 0 aliphatic heterocycles.